The fourth-order valence-corrected chi connectivity index (χ4v) is 2.79. The highest BCUT2D eigenvalue weighted by molar-refractivity contribution is 5.76. The van der Waals surface area contributed by atoms with Crippen LogP contribution in [0.2, 0.25) is 0 Å². The average molecular weight is 408 g/mol. The minimum atomic E-state index is -4.64. The van der Waals surface area contributed by atoms with Gasteiger partial charge < -0.3 is 14.5 Å². The minimum Gasteiger partial charge on any atom is -0.341 e. The van der Waals surface area contributed by atoms with Crippen LogP contribution in [0.25, 0.3) is 0 Å². The molecule has 0 saturated carbocycles. The van der Waals surface area contributed by atoms with Crippen LogP contribution >= 0.6 is 0 Å². The summed E-state index contributed by atoms with van der Waals surface area (Å²) in [5, 5.41) is 2.64. The zero-order chi connectivity index (χ0) is 21.2. The van der Waals surface area contributed by atoms with Gasteiger partial charge in [0.15, 0.2) is 0 Å². The first-order chi connectivity index (χ1) is 13.6. The Morgan fingerprint density at radius 1 is 1.17 bits per heavy atom. The molecule has 0 bridgehead atoms. The molecular weight excluding hydrogens is 392 g/mol. The van der Waals surface area contributed by atoms with Crippen molar-refractivity contribution in [2.75, 3.05) is 0 Å². The van der Waals surface area contributed by atoms with E-state index >= 15 is 0 Å². The van der Waals surface area contributed by atoms with Gasteiger partial charge in [-0.3, -0.25) is 9.59 Å². The van der Waals surface area contributed by atoms with Crippen LogP contribution in [0.5, 0.6) is 0 Å². The highest BCUT2D eigenvalue weighted by Gasteiger charge is 2.31. The number of nitrogens with zero attached hydrogens (tertiary/aromatic N) is 3. The highest BCUT2D eigenvalue weighted by atomic mass is 19.4. The molecule has 0 spiro atoms. The molecule has 0 aliphatic rings. The maximum Gasteiger partial charge on any atom is 0.417 e. The number of halogens is 4. The second-order valence-electron chi connectivity index (χ2n) is 6.33. The standard InChI is InChI=1S/C19H16F4N4O2/c1-26-9-8-24-18(26)17(12-2-5-14(20)6-3-12)25-15(28)11-27-10-13(19(21,22)23)4-7-16(27)29/h2-10,17H,11H2,1H3,(H,25,28)/t17-/m0/s1. The molecule has 1 atom stereocenters. The van der Waals surface area contributed by atoms with Gasteiger partial charge in [-0.15, -0.1) is 0 Å². The molecule has 0 aliphatic carbocycles. The number of carbonyl (C=O) groups is 1. The molecule has 1 aromatic carbocycles. The number of alkyl halides is 3. The Labute approximate surface area is 162 Å². The number of hydrogen-bond acceptors (Lipinski definition) is 3. The number of imidazole rings is 1. The fourth-order valence-electron chi connectivity index (χ4n) is 2.79. The van der Waals surface area contributed by atoms with E-state index < -0.39 is 41.6 Å². The molecule has 1 N–H and O–H groups in total. The third-order valence-electron chi connectivity index (χ3n) is 4.25. The predicted molar refractivity (Wildman–Crippen MR) is 95.3 cm³/mol. The van der Waals surface area contributed by atoms with Gasteiger partial charge in [-0.05, 0) is 23.8 Å². The minimum absolute atomic E-state index is 0.432. The predicted octanol–water partition coefficient (Wildman–Crippen LogP) is 2.65. The first kappa shape index (κ1) is 20.3. The SMILES string of the molecule is Cn1ccnc1[C@@H](NC(=O)Cn1cc(C(F)(F)F)ccc1=O)c1ccc(F)cc1. The summed E-state index contributed by atoms with van der Waals surface area (Å²) in [6.45, 7) is -0.620. The van der Waals surface area contributed by atoms with Gasteiger partial charge in [0.1, 0.15) is 24.2 Å². The van der Waals surface area contributed by atoms with Crippen LogP contribution in [0.3, 0.4) is 0 Å². The number of aryl methyl sites for hydroxylation is 1. The topological polar surface area (TPSA) is 68.9 Å². The number of hydrogen-bond donors (Lipinski definition) is 1. The summed E-state index contributed by atoms with van der Waals surface area (Å²) in [4.78, 5) is 28.6. The highest BCUT2D eigenvalue weighted by Crippen LogP contribution is 2.28. The van der Waals surface area contributed by atoms with Crippen LogP contribution in [-0.2, 0) is 24.6 Å². The lowest BCUT2D eigenvalue weighted by Crippen LogP contribution is -2.36. The molecule has 152 valence electrons. The Morgan fingerprint density at radius 2 is 1.86 bits per heavy atom. The fraction of sp³-hybridized carbons (Fsp3) is 0.211. The monoisotopic (exact) mass is 408 g/mol. The van der Waals surface area contributed by atoms with E-state index in [2.05, 4.69) is 10.3 Å². The van der Waals surface area contributed by atoms with Crippen molar-refractivity contribution in [3.8, 4) is 0 Å². The van der Waals surface area contributed by atoms with Gasteiger partial charge in [0.05, 0.1) is 5.56 Å². The molecule has 29 heavy (non-hydrogen) atoms. The number of aromatic nitrogens is 3. The molecule has 0 unspecified atom stereocenters. The Morgan fingerprint density at radius 3 is 2.45 bits per heavy atom. The van der Waals surface area contributed by atoms with Crippen molar-refractivity contribution >= 4 is 5.91 Å². The van der Waals surface area contributed by atoms with Crippen molar-refractivity contribution in [1.82, 2.24) is 19.4 Å². The molecule has 0 fully saturated rings. The molecule has 6 nitrogen and oxygen atoms in total. The number of rotatable bonds is 5. The molecule has 2 heterocycles. The van der Waals surface area contributed by atoms with Crippen LogP contribution in [0.15, 0.2) is 59.8 Å². The maximum absolute atomic E-state index is 13.3. The van der Waals surface area contributed by atoms with Crippen molar-refractivity contribution in [3.63, 3.8) is 0 Å². The summed E-state index contributed by atoms with van der Waals surface area (Å²) >= 11 is 0. The van der Waals surface area contributed by atoms with Crippen LogP contribution in [-0.4, -0.2) is 20.0 Å². The van der Waals surface area contributed by atoms with Crippen LogP contribution in [0.4, 0.5) is 17.6 Å². The quantitative estimate of drug-likeness (QED) is 0.660. The lowest BCUT2D eigenvalue weighted by molar-refractivity contribution is -0.138. The van der Waals surface area contributed by atoms with Crippen LogP contribution < -0.4 is 10.9 Å². The zero-order valence-corrected chi connectivity index (χ0v) is 15.2. The largest absolute Gasteiger partial charge is 0.417 e. The average Bonchev–Trinajstić information content (AvgIpc) is 3.07. The second-order valence-corrected chi connectivity index (χ2v) is 6.33. The normalized spacial score (nSPS) is 12.6. The van der Waals surface area contributed by atoms with E-state index in [0.717, 1.165) is 6.07 Å². The van der Waals surface area contributed by atoms with Gasteiger partial charge >= 0.3 is 6.18 Å². The second kappa shape index (κ2) is 7.90. The van der Waals surface area contributed by atoms with E-state index in [1.807, 2.05) is 0 Å². The Kier molecular flexibility index (Phi) is 5.53. The first-order valence-electron chi connectivity index (χ1n) is 8.45. The molecule has 0 aliphatic heterocycles. The summed E-state index contributed by atoms with van der Waals surface area (Å²) < 4.78 is 54.2. The zero-order valence-electron chi connectivity index (χ0n) is 15.2. The van der Waals surface area contributed by atoms with Crippen molar-refractivity contribution in [3.05, 3.63) is 88.1 Å². The van der Waals surface area contributed by atoms with E-state index in [-0.39, 0.29) is 0 Å². The summed E-state index contributed by atoms with van der Waals surface area (Å²) in [7, 11) is 1.70. The molecule has 1 amide bonds. The molecule has 10 heteroatoms. The van der Waals surface area contributed by atoms with E-state index in [0.29, 0.717) is 28.2 Å². The van der Waals surface area contributed by atoms with E-state index in [1.165, 1.54) is 30.5 Å². The van der Waals surface area contributed by atoms with Crippen LogP contribution in [0.1, 0.15) is 23.0 Å². The molecule has 0 saturated heterocycles. The number of pyridine rings is 1. The molecule has 3 rings (SSSR count). The van der Waals surface area contributed by atoms with Gasteiger partial charge in [0.2, 0.25) is 5.91 Å². The number of benzene rings is 1. The lowest BCUT2D eigenvalue weighted by Gasteiger charge is -2.20. The van der Waals surface area contributed by atoms with Gasteiger partial charge in [0.25, 0.3) is 5.56 Å². The summed E-state index contributed by atoms with van der Waals surface area (Å²) in [5.41, 5.74) is -1.27. The summed E-state index contributed by atoms with van der Waals surface area (Å²) in [6, 6.07) is 5.99. The van der Waals surface area contributed by atoms with Crippen molar-refractivity contribution in [2.45, 2.75) is 18.8 Å². The Balaban J connectivity index is 1.87. The van der Waals surface area contributed by atoms with Crippen molar-refractivity contribution in [1.29, 1.82) is 0 Å². The van der Waals surface area contributed by atoms with Gasteiger partial charge in [-0.2, -0.15) is 13.2 Å². The van der Waals surface area contributed by atoms with E-state index in [9.17, 15) is 27.2 Å². The van der Waals surface area contributed by atoms with E-state index in [4.69, 9.17) is 0 Å². The van der Waals surface area contributed by atoms with Crippen molar-refractivity contribution in [2.24, 2.45) is 7.05 Å². The first-order valence-corrected chi connectivity index (χ1v) is 8.45. The Hall–Kier alpha value is -3.43. The summed E-state index contributed by atoms with van der Waals surface area (Å²) in [5.74, 6) is -0.737. The number of amides is 1. The van der Waals surface area contributed by atoms with Gasteiger partial charge in [0, 0.05) is 31.7 Å². The van der Waals surface area contributed by atoms with Gasteiger partial charge in [-0.1, -0.05) is 12.1 Å². The number of nitrogens with one attached hydrogen (secondary N) is 1. The third-order valence-corrected chi connectivity index (χ3v) is 4.25. The smallest absolute Gasteiger partial charge is 0.341 e. The van der Waals surface area contributed by atoms with E-state index in [1.54, 1.807) is 17.8 Å². The molecule has 0 radical (unpaired) electrons. The number of carbonyl (C=O) groups excluding carboxylic acids is 1. The molecular formula is C19H16F4N4O2. The van der Waals surface area contributed by atoms with Gasteiger partial charge in [-0.25, -0.2) is 9.37 Å². The lowest BCUT2D eigenvalue weighted by atomic mass is 10.1. The molecule has 2 aromatic heterocycles. The third kappa shape index (κ3) is 4.71. The molecule has 3 aromatic rings. The summed E-state index contributed by atoms with van der Waals surface area (Å²) in [6.07, 6.45) is -0.893. The van der Waals surface area contributed by atoms with Crippen LogP contribution in [0, 0.1) is 5.82 Å². The Bertz CT molecular complexity index is 1070. The maximum atomic E-state index is 13.3. The van der Waals surface area contributed by atoms with Crippen molar-refractivity contribution < 1.29 is 22.4 Å².